The van der Waals surface area contributed by atoms with Crippen molar-refractivity contribution in [3.63, 3.8) is 0 Å². The molecule has 3 aromatic heterocycles. The highest BCUT2D eigenvalue weighted by Gasteiger charge is 2.22. The molecule has 0 atom stereocenters. The van der Waals surface area contributed by atoms with Crippen LogP contribution in [0.1, 0.15) is 11.1 Å². The number of hydrogen-bond donors (Lipinski definition) is 1. The molecule has 0 fully saturated rings. The normalized spacial score (nSPS) is 11.4. The van der Waals surface area contributed by atoms with Crippen LogP contribution in [0.25, 0.3) is 11.2 Å². The Balaban J connectivity index is 1.73. The van der Waals surface area contributed by atoms with E-state index in [-0.39, 0.29) is 28.8 Å². The maximum absolute atomic E-state index is 13.0. The number of ether oxygens (including phenoxy) is 1. The zero-order valence-corrected chi connectivity index (χ0v) is 17.4. The summed E-state index contributed by atoms with van der Waals surface area (Å²) in [5.41, 5.74) is 1.98. The number of sulfonamides is 1. The van der Waals surface area contributed by atoms with Gasteiger partial charge in [0.1, 0.15) is 12.1 Å². The molecule has 152 valence electrons. The first-order valence-corrected chi connectivity index (χ1v) is 10.7. The molecule has 10 heteroatoms. The van der Waals surface area contributed by atoms with E-state index in [0.717, 1.165) is 5.56 Å². The van der Waals surface area contributed by atoms with Crippen molar-refractivity contribution in [1.82, 2.24) is 19.9 Å². The number of nitrogens with zero attached hydrogens (tertiary/aromatic N) is 4. The lowest BCUT2D eigenvalue weighted by Gasteiger charge is -2.14. The largest absolute Gasteiger partial charge is 0.470 e. The van der Waals surface area contributed by atoms with Gasteiger partial charge in [-0.1, -0.05) is 23.7 Å². The lowest BCUT2D eigenvalue weighted by Crippen LogP contribution is -2.17. The standard InChI is InChI=1S/C20H16ClN5O3S/c1-13-15(21)6-2-8-17(13)30(27,28)26-19-20(29-12-14-5-3-9-22-11-14)24-16-7-4-10-23-18(16)25-19/h2-11H,12H2,1H3,(H,23,25,26). The molecule has 0 saturated carbocycles. The molecule has 0 amide bonds. The van der Waals surface area contributed by atoms with E-state index in [1.54, 1.807) is 55.8 Å². The number of pyridine rings is 2. The van der Waals surface area contributed by atoms with Crippen molar-refractivity contribution in [2.45, 2.75) is 18.4 Å². The van der Waals surface area contributed by atoms with Crippen LogP contribution in [-0.4, -0.2) is 28.4 Å². The lowest BCUT2D eigenvalue weighted by molar-refractivity contribution is 0.295. The number of halogens is 1. The molecule has 0 saturated heterocycles. The first-order chi connectivity index (χ1) is 14.4. The molecule has 4 rings (SSSR count). The molecule has 0 aliphatic rings. The van der Waals surface area contributed by atoms with Gasteiger partial charge in [-0.25, -0.2) is 23.4 Å². The summed E-state index contributed by atoms with van der Waals surface area (Å²) in [5, 5.41) is 0.345. The highest BCUT2D eigenvalue weighted by atomic mass is 35.5. The third-order valence-corrected chi connectivity index (χ3v) is 6.14. The summed E-state index contributed by atoms with van der Waals surface area (Å²) in [6.07, 6.45) is 4.85. The highest BCUT2D eigenvalue weighted by Crippen LogP contribution is 2.28. The molecule has 0 aliphatic carbocycles. The maximum atomic E-state index is 13.0. The Labute approximate surface area is 178 Å². The minimum atomic E-state index is -4.00. The summed E-state index contributed by atoms with van der Waals surface area (Å²) < 4.78 is 34.3. The average molecular weight is 442 g/mol. The van der Waals surface area contributed by atoms with E-state index in [0.29, 0.717) is 16.1 Å². The van der Waals surface area contributed by atoms with Gasteiger partial charge in [-0.15, -0.1) is 0 Å². The van der Waals surface area contributed by atoms with Gasteiger partial charge in [0.15, 0.2) is 5.65 Å². The van der Waals surface area contributed by atoms with Crippen LogP contribution in [0, 0.1) is 6.92 Å². The van der Waals surface area contributed by atoms with Crippen molar-refractivity contribution in [2.75, 3.05) is 4.72 Å². The minimum Gasteiger partial charge on any atom is -0.470 e. The van der Waals surface area contributed by atoms with E-state index < -0.39 is 10.0 Å². The zero-order chi connectivity index (χ0) is 21.1. The Morgan fingerprint density at radius 2 is 1.90 bits per heavy atom. The number of fused-ring (bicyclic) bond motifs is 1. The monoisotopic (exact) mass is 441 g/mol. The van der Waals surface area contributed by atoms with Crippen LogP contribution in [0.3, 0.4) is 0 Å². The topological polar surface area (TPSA) is 107 Å². The first kappa shape index (κ1) is 20.0. The highest BCUT2D eigenvalue weighted by molar-refractivity contribution is 7.92. The molecular weight excluding hydrogens is 426 g/mol. The fraction of sp³-hybridized carbons (Fsp3) is 0.100. The quantitative estimate of drug-likeness (QED) is 0.485. The molecule has 3 heterocycles. The van der Waals surface area contributed by atoms with E-state index in [2.05, 4.69) is 24.7 Å². The van der Waals surface area contributed by atoms with E-state index in [1.807, 2.05) is 6.07 Å². The van der Waals surface area contributed by atoms with Crippen molar-refractivity contribution < 1.29 is 13.2 Å². The molecule has 0 bridgehead atoms. The summed E-state index contributed by atoms with van der Waals surface area (Å²) in [7, 11) is -4.00. The minimum absolute atomic E-state index is 0.0302. The van der Waals surface area contributed by atoms with Gasteiger partial charge in [-0.3, -0.25) is 9.71 Å². The van der Waals surface area contributed by atoms with Gasteiger partial charge in [-0.05, 0) is 42.8 Å². The van der Waals surface area contributed by atoms with Crippen molar-refractivity contribution in [1.29, 1.82) is 0 Å². The van der Waals surface area contributed by atoms with Crippen molar-refractivity contribution in [2.24, 2.45) is 0 Å². The van der Waals surface area contributed by atoms with Crippen LogP contribution in [0.15, 0.2) is 66.0 Å². The number of nitrogens with one attached hydrogen (secondary N) is 1. The summed E-state index contributed by atoms with van der Waals surface area (Å²) in [4.78, 5) is 16.9. The molecular formula is C20H16ClN5O3S. The van der Waals surface area contributed by atoms with Gasteiger partial charge >= 0.3 is 0 Å². The Kier molecular flexibility index (Phi) is 5.47. The third kappa shape index (κ3) is 4.17. The number of benzene rings is 1. The van der Waals surface area contributed by atoms with Gasteiger partial charge in [0.05, 0.1) is 4.90 Å². The Morgan fingerprint density at radius 3 is 2.70 bits per heavy atom. The summed E-state index contributed by atoms with van der Waals surface area (Å²) in [6, 6.07) is 11.7. The smallest absolute Gasteiger partial charge is 0.263 e. The van der Waals surface area contributed by atoms with Gasteiger partial charge in [0.25, 0.3) is 15.9 Å². The van der Waals surface area contributed by atoms with Crippen LogP contribution in [-0.2, 0) is 16.6 Å². The van der Waals surface area contributed by atoms with E-state index >= 15 is 0 Å². The fourth-order valence-electron chi connectivity index (χ4n) is 2.74. The number of rotatable bonds is 6. The molecule has 1 aromatic carbocycles. The van der Waals surface area contributed by atoms with Gasteiger partial charge in [-0.2, -0.15) is 0 Å². The molecule has 0 aliphatic heterocycles. The first-order valence-electron chi connectivity index (χ1n) is 8.86. The second kappa shape index (κ2) is 8.21. The van der Waals surface area contributed by atoms with Crippen LogP contribution < -0.4 is 9.46 Å². The fourth-order valence-corrected chi connectivity index (χ4v) is 4.24. The van der Waals surface area contributed by atoms with Crippen molar-refractivity contribution in [3.05, 3.63) is 77.2 Å². The summed E-state index contributed by atoms with van der Waals surface area (Å²) >= 11 is 6.09. The van der Waals surface area contributed by atoms with Crippen LogP contribution >= 0.6 is 11.6 Å². The third-order valence-electron chi connectivity index (χ3n) is 4.25. The number of hydrogen-bond acceptors (Lipinski definition) is 7. The van der Waals surface area contributed by atoms with Crippen LogP contribution in [0.5, 0.6) is 5.88 Å². The summed E-state index contributed by atoms with van der Waals surface area (Å²) in [6.45, 7) is 1.77. The lowest BCUT2D eigenvalue weighted by atomic mass is 10.2. The van der Waals surface area contributed by atoms with Gasteiger partial charge in [0.2, 0.25) is 5.82 Å². The molecule has 0 unspecified atom stereocenters. The second-order valence-corrected chi connectivity index (χ2v) is 8.40. The van der Waals surface area contributed by atoms with Gasteiger partial charge in [0, 0.05) is 29.2 Å². The van der Waals surface area contributed by atoms with Crippen LogP contribution in [0.4, 0.5) is 5.82 Å². The molecule has 0 spiro atoms. The number of aromatic nitrogens is 4. The predicted octanol–water partition coefficient (Wildman–Crippen LogP) is 3.76. The molecule has 0 radical (unpaired) electrons. The summed E-state index contributed by atoms with van der Waals surface area (Å²) in [5.74, 6) is -0.0351. The predicted molar refractivity (Wildman–Crippen MR) is 113 cm³/mol. The van der Waals surface area contributed by atoms with E-state index in [4.69, 9.17) is 16.3 Å². The zero-order valence-electron chi connectivity index (χ0n) is 15.8. The molecule has 4 aromatic rings. The Hall–Kier alpha value is -3.30. The maximum Gasteiger partial charge on any atom is 0.263 e. The van der Waals surface area contributed by atoms with E-state index in [1.165, 1.54) is 6.07 Å². The van der Waals surface area contributed by atoms with Gasteiger partial charge < -0.3 is 4.74 Å². The molecule has 30 heavy (non-hydrogen) atoms. The SMILES string of the molecule is Cc1c(Cl)cccc1S(=O)(=O)Nc1nc2ncccc2nc1OCc1cccnc1. The molecule has 8 nitrogen and oxygen atoms in total. The second-order valence-electron chi connectivity index (χ2n) is 6.34. The van der Waals surface area contributed by atoms with Crippen molar-refractivity contribution in [3.8, 4) is 5.88 Å². The van der Waals surface area contributed by atoms with E-state index in [9.17, 15) is 8.42 Å². The van der Waals surface area contributed by atoms with Crippen molar-refractivity contribution >= 4 is 38.6 Å². The number of anilines is 1. The Morgan fingerprint density at radius 1 is 1.07 bits per heavy atom. The average Bonchev–Trinajstić information content (AvgIpc) is 2.74. The Bertz CT molecular complexity index is 1320. The molecule has 1 N–H and O–H groups in total. The van der Waals surface area contributed by atoms with Crippen LogP contribution in [0.2, 0.25) is 5.02 Å².